The SMILES string of the molecule is OCc1cnc(-c2ncc(Br)cc2Br)s1. The molecule has 0 aliphatic heterocycles. The number of pyridine rings is 1. The molecule has 0 bridgehead atoms. The number of thiazole rings is 1. The monoisotopic (exact) mass is 348 g/mol. The molecular formula is C9H6Br2N2OS. The number of aromatic nitrogens is 2. The molecule has 0 saturated carbocycles. The highest BCUT2D eigenvalue weighted by molar-refractivity contribution is 9.11. The van der Waals surface area contributed by atoms with Gasteiger partial charge in [0, 0.05) is 21.3 Å². The minimum absolute atomic E-state index is 0.0197. The van der Waals surface area contributed by atoms with Crippen molar-refractivity contribution >= 4 is 43.2 Å². The highest BCUT2D eigenvalue weighted by Crippen LogP contribution is 2.31. The fraction of sp³-hybridized carbons (Fsp3) is 0.111. The van der Waals surface area contributed by atoms with Crippen molar-refractivity contribution in [1.29, 1.82) is 0 Å². The molecule has 2 heterocycles. The first-order valence-electron chi connectivity index (χ1n) is 4.07. The molecule has 0 amide bonds. The van der Waals surface area contributed by atoms with Gasteiger partial charge in [0.1, 0.15) is 10.7 Å². The number of halogens is 2. The van der Waals surface area contributed by atoms with Gasteiger partial charge in [-0.3, -0.25) is 4.98 Å². The maximum Gasteiger partial charge on any atom is 0.143 e. The Hall–Kier alpha value is -0.300. The van der Waals surface area contributed by atoms with Gasteiger partial charge in [-0.15, -0.1) is 11.3 Å². The molecule has 15 heavy (non-hydrogen) atoms. The fourth-order valence-electron chi connectivity index (χ4n) is 1.06. The van der Waals surface area contributed by atoms with Crippen molar-refractivity contribution in [3.63, 3.8) is 0 Å². The number of aliphatic hydroxyl groups excluding tert-OH is 1. The van der Waals surface area contributed by atoms with Gasteiger partial charge in [-0.2, -0.15) is 0 Å². The maximum atomic E-state index is 8.94. The zero-order chi connectivity index (χ0) is 10.8. The van der Waals surface area contributed by atoms with E-state index < -0.39 is 0 Å². The Labute approximate surface area is 107 Å². The smallest absolute Gasteiger partial charge is 0.143 e. The van der Waals surface area contributed by atoms with E-state index in [-0.39, 0.29) is 6.61 Å². The summed E-state index contributed by atoms with van der Waals surface area (Å²) in [4.78, 5) is 9.30. The first-order valence-corrected chi connectivity index (χ1v) is 6.48. The number of aliphatic hydroxyl groups is 1. The summed E-state index contributed by atoms with van der Waals surface area (Å²) in [6.45, 7) is 0.0197. The van der Waals surface area contributed by atoms with E-state index in [1.807, 2.05) is 6.07 Å². The summed E-state index contributed by atoms with van der Waals surface area (Å²) < 4.78 is 1.80. The first-order chi connectivity index (χ1) is 7.20. The lowest BCUT2D eigenvalue weighted by molar-refractivity contribution is 0.285. The predicted octanol–water partition coefficient (Wildman–Crippen LogP) is 3.22. The second kappa shape index (κ2) is 4.69. The molecule has 0 fully saturated rings. The standard InChI is InChI=1S/C9H6Br2N2OS/c10-5-1-7(11)8(12-2-5)9-13-3-6(4-14)15-9/h1-3,14H,4H2. The second-order valence-electron chi connectivity index (χ2n) is 2.77. The van der Waals surface area contributed by atoms with E-state index in [1.165, 1.54) is 11.3 Å². The van der Waals surface area contributed by atoms with Crippen LogP contribution in [0.2, 0.25) is 0 Å². The van der Waals surface area contributed by atoms with E-state index in [2.05, 4.69) is 41.8 Å². The zero-order valence-corrected chi connectivity index (χ0v) is 11.4. The summed E-state index contributed by atoms with van der Waals surface area (Å²) in [5.41, 5.74) is 0.794. The van der Waals surface area contributed by atoms with Gasteiger partial charge in [0.05, 0.1) is 11.5 Å². The molecule has 0 atom stereocenters. The van der Waals surface area contributed by atoms with E-state index in [0.717, 1.165) is 24.5 Å². The quantitative estimate of drug-likeness (QED) is 0.905. The van der Waals surface area contributed by atoms with Crippen LogP contribution in [0.4, 0.5) is 0 Å². The molecule has 0 aliphatic rings. The zero-order valence-electron chi connectivity index (χ0n) is 7.44. The molecule has 0 aliphatic carbocycles. The highest BCUT2D eigenvalue weighted by Gasteiger charge is 2.09. The largest absolute Gasteiger partial charge is 0.391 e. The predicted molar refractivity (Wildman–Crippen MR) is 66.7 cm³/mol. The van der Waals surface area contributed by atoms with Gasteiger partial charge in [-0.05, 0) is 37.9 Å². The minimum atomic E-state index is 0.0197. The summed E-state index contributed by atoms with van der Waals surface area (Å²) in [7, 11) is 0. The number of hydrogen-bond donors (Lipinski definition) is 1. The lowest BCUT2D eigenvalue weighted by Gasteiger charge is -1.99. The van der Waals surface area contributed by atoms with Crippen molar-refractivity contribution in [2.75, 3.05) is 0 Å². The van der Waals surface area contributed by atoms with Gasteiger partial charge in [-0.25, -0.2) is 4.98 Å². The van der Waals surface area contributed by atoms with E-state index in [1.54, 1.807) is 12.4 Å². The molecule has 6 heteroatoms. The molecule has 0 aromatic carbocycles. The van der Waals surface area contributed by atoms with Gasteiger partial charge in [0.15, 0.2) is 0 Å². The Morgan fingerprint density at radius 1 is 1.27 bits per heavy atom. The van der Waals surface area contributed by atoms with Crippen LogP contribution in [0.3, 0.4) is 0 Å². The van der Waals surface area contributed by atoms with Crippen LogP contribution < -0.4 is 0 Å². The van der Waals surface area contributed by atoms with E-state index in [0.29, 0.717) is 0 Å². The third-order valence-corrected chi connectivity index (χ3v) is 3.75. The average molecular weight is 350 g/mol. The molecule has 0 spiro atoms. The van der Waals surface area contributed by atoms with Crippen molar-refractivity contribution < 1.29 is 5.11 Å². The summed E-state index contributed by atoms with van der Waals surface area (Å²) in [5, 5.41) is 9.75. The van der Waals surface area contributed by atoms with Crippen molar-refractivity contribution in [3.05, 3.63) is 32.3 Å². The van der Waals surface area contributed by atoms with Crippen molar-refractivity contribution in [1.82, 2.24) is 9.97 Å². The number of hydrogen-bond acceptors (Lipinski definition) is 4. The molecule has 2 aromatic rings. The summed E-state index contributed by atoms with van der Waals surface area (Å²) >= 11 is 8.20. The van der Waals surface area contributed by atoms with Crippen LogP contribution in [-0.4, -0.2) is 15.1 Å². The highest BCUT2D eigenvalue weighted by atomic mass is 79.9. The van der Waals surface area contributed by atoms with Gasteiger partial charge in [-0.1, -0.05) is 0 Å². The summed E-state index contributed by atoms with van der Waals surface area (Å²) in [6.07, 6.45) is 3.39. The van der Waals surface area contributed by atoms with Crippen molar-refractivity contribution in [2.24, 2.45) is 0 Å². The second-order valence-corrected chi connectivity index (χ2v) is 5.66. The lowest BCUT2D eigenvalue weighted by Crippen LogP contribution is -1.83. The fourth-order valence-corrected chi connectivity index (χ4v) is 3.15. The Morgan fingerprint density at radius 2 is 2.07 bits per heavy atom. The van der Waals surface area contributed by atoms with Crippen LogP contribution in [-0.2, 0) is 6.61 Å². The third kappa shape index (κ3) is 2.44. The van der Waals surface area contributed by atoms with Gasteiger partial charge >= 0.3 is 0 Å². The van der Waals surface area contributed by atoms with Gasteiger partial charge in [0.25, 0.3) is 0 Å². The van der Waals surface area contributed by atoms with Crippen LogP contribution >= 0.6 is 43.2 Å². The Morgan fingerprint density at radius 3 is 2.67 bits per heavy atom. The normalized spacial score (nSPS) is 10.6. The van der Waals surface area contributed by atoms with Crippen LogP contribution in [0.25, 0.3) is 10.7 Å². The Kier molecular flexibility index (Phi) is 3.50. The molecule has 78 valence electrons. The molecule has 2 rings (SSSR count). The van der Waals surface area contributed by atoms with E-state index in [9.17, 15) is 0 Å². The molecule has 2 aromatic heterocycles. The molecule has 0 radical (unpaired) electrons. The van der Waals surface area contributed by atoms with E-state index in [4.69, 9.17) is 5.11 Å². The van der Waals surface area contributed by atoms with Crippen LogP contribution in [0.15, 0.2) is 27.4 Å². The molecule has 1 N–H and O–H groups in total. The van der Waals surface area contributed by atoms with Gasteiger partial charge in [0.2, 0.25) is 0 Å². The van der Waals surface area contributed by atoms with Crippen molar-refractivity contribution in [2.45, 2.75) is 6.61 Å². The maximum absolute atomic E-state index is 8.94. The third-order valence-electron chi connectivity index (χ3n) is 1.72. The molecule has 0 saturated heterocycles. The van der Waals surface area contributed by atoms with Gasteiger partial charge < -0.3 is 5.11 Å². The Balaban J connectivity index is 2.44. The average Bonchev–Trinajstić information content (AvgIpc) is 2.66. The Bertz CT molecular complexity index is 487. The topological polar surface area (TPSA) is 46.0 Å². The van der Waals surface area contributed by atoms with Crippen LogP contribution in [0, 0.1) is 0 Å². The summed E-state index contributed by atoms with van der Waals surface area (Å²) in [6, 6.07) is 1.92. The lowest BCUT2D eigenvalue weighted by atomic mass is 10.4. The van der Waals surface area contributed by atoms with Crippen molar-refractivity contribution in [3.8, 4) is 10.7 Å². The minimum Gasteiger partial charge on any atom is -0.391 e. The first kappa shape index (κ1) is 11.2. The number of nitrogens with zero attached hydrogens (tertiary/aromatic N) is 2. The molecule has 0 unspecified atom stereocenters. The molecule has 3 nitrogen and oxygen atoms in total. The summed E-state index contributed by atoms with van der Waals surface area (Å²) in [5.74, 6) is 0. The van der Waals surface area contributed by atoms with E-state index >= 15 is 0 Å². The molecular weight excluding hydrogens is 344 g/mol. The van der Waals surface area contributed by atoms with Crippen LogP contribution in [0.1, 0.15) is 4.88 Å². The van der Waals surface area contributed by atoms with Crippen LogP contribution in [0.5, 0.6) is 0 Å². The number of rotatable bonds is 2.